The van der Waals surface area contributed by atoms with Crippen LogP contribution in [0, 0.1) is 0 Å². The summed E-state index contributed by atoms with van der Waals surface area (Å²) >= 11 is 0. The van der Waals surface area contributed by atoms with Gasteiger partial charge in [-0.2, -0.15) is 0 Å². The Morgan fingerprint density at radius 2 is 1.55 bits per heavy atom. The van der Waals surface area contributed by atoms with Crippen LogP contribution in [-0.4, -0.2) is 27.8 Å². The van der Waals surface area contributed by atoms with Gasteiger partial charge in [0.15, 0.2) is 0 Å². The Kier molecular flexibility index (Phi) is 8.63. The molecule has 5 rings (SSSR count). The number of amides is 2. The van der Waals surface area contributed by atoms with Gasteiger partial charge in [0, 0.05) is 30.9 Å². The molecule has 4 N–H and O–H groups in total. The highest BCUT2D eigenvalue weighted by Crippen LogP contribution is 2.24. The fourth-order valence-electron chi connectivity index (χ4n) is 4.81. The number of carbonyl (C=O) groups is 2. The second-order valence-corrected chi connectivity index (χ2v) is 9.85. The number of nitrogens with one attached hydrogen (secondary N) is 4. The molecule has 7 nitrogen and oxygen atoms in total. The van der Waals surface area contributed by atoms with E-state index in [9.17, 15) is 9.59 Å². The maximum atomic E-state index is 13.6. The number of aromatic nitrogens is 2. The molecule has 2 atom stereocenters. The van der Waals surface area contributed by atoms with E-state index < -0.39 is 6.04 Å². The third-order valence-corrected chi connectivity index (χ3v) is 6.95. The minimum atomic E-state index is -0.734. The number of hydrogen-bond donors (Lipinski definition) is 4. The molecule has 0 aliphatic carbocycles. The zero-order valence-electron chi connectivity index (χ0n) is 22.4. The van der Waals surface area contributed by atoms with Crippen LogP contribution in [0.1, 0.15) is 45.8 Å². The molecule has 0 aliphatic rings. The smallest absolute Gasteiger partial charge is 0.251 e. The van der Waals surface area contributed by atoms with Crippen molar-refractivity contribution in [1.82, 2.24) is 25.9 Å². The highest BCUT2D eigenvalue weighted by molar-refractivity contribution is 5.98. The molecule has 2 amide bonds. The van der Waals surface area contributed by atoms with Gasteiger partial charge < -0.3 is 20.9 Å². The summed E-state index contributed by atoms with van der Waals surface area (Å²) in [5.74, 6) is 0.355. The summed E-state index contributed by atoms with van der Waals surface area (Å²) in [4.78, 5) is 34.1. The molecule has 40 heavy (non-hydrogen) atoms. The van der Waals surface area contributed by atoms with Crippen LogP contribution in [-0.2, 0) is 24.3 Å². The van der Waals surface area contributed by atoms with Crippen LogP contribution in [0.5, 0.6) is 0 Å². The molecule has 0 saturated heterocycles. The van der Waals surface area contributed by atoms with Crippen LogP contribution < -0.4 is 16.0 Å². The van der Waals surface area contributed by atoms with Crippen LogP contribution in [0.2, 0.25) is 0 Å². The predicted molar refractivity (Wildman–Crippen MR) is 157 cm³/mol. The van der Waals surface area contributed by atoms with Crippen molar-refractivity contribution in [3.63, 3.8) is 0 Å². The number of H-pyrrole nitrogens is 1. The molecule has 1 aromatic heterocycles. The highest BCUT2D eigenvalue weighted by Gasteiger charge is 2.24. The van der Waals surface area contributed by atoms with Gasteiger partial charge in [-0.1, -0.05) is 84.9 Å². The fraction of sp³-hybridized carbons (Fsp3) is 0.182. The van der Waals surface area contributed by atoms with E-state index in [4.69, 9.17) is 0 Å². The molecule has 0 bridgehead atoms. The number of aromatic amines is 1. The van der Waals surface area contributed by atoms with Gasteiger partial charge >= 0.3 is 0 Å². The lowest BCUT2D eigenvalue weighted by atomic mass is 9.99. The number of hydrogen-bond acceptors (Lipinski definition) is 4. The van der Waals surface area contributed by atoms with Gasteiger partial charge in [0.25, 0.3) is 5.91 Å². The van der Waals surface area contributed by atoms with Crippen molar-refractivity contribution in [1.29, 1.82) is 0 Å². The Morgan fingerprint density at radius 1 is 0.800 bits per heavy atom. The number of carbonyl (C=O) groups excluding carboxylic acids is 2. The zero-order chi connectivity index (χ0) is 27.7. The molecule has 5 aromatic rings. The molecule has 0 radical (unpaired) electrons. The summed E-state index contributed by atoms with van der Waals surface area (Å²) in [7, 11) is 0. The molecule has 0 aliphatic heterocycles. The molecule has 4 aromatic carbocycles. The highest BCUT2D eigenvalue weighted by atomic mass is 16.2. The van der Waals surface area contributed by atoms with Crippen LogP contribution in [0.25, 0.3) is 10.8 Å². The fourth-order valence-corrected chi connectivity index (χ4v) is 4.81. The summed E-state index contributed by atoms with van der Waals surface area (Å²) in [6, 6.07) is 30.4. The lowest BCUT2D eigenvalue weighted by Crippen LogP contribution is -2.48. The Balaban J connectivity index is 1.26. The van der Waals surface area contributed by atoms with Crippen molar-refractivity contribution in [3.8, 4) is 0 Å². The summed E-state index contributed by atoms with van der Waals surface area (Å²) in [5, 5.41) is 11.7. The Morgan fingerprint density at radius 3 is 2.33 bits per heavy atom. The van der Waals surface area contributed by atoms with Gasteiger partial charge in [0.05, 0.1) is 12.6 Å². The van der Waals surface area contributed by atoms with E-state index >= 15 is 0 Å². The second kappa shape index (κ2) is 12.9. The molecule has 0 fully saturated rings. The van der Waals surface area contributed by atoms with Crippen molar-refractivity contribution in [2.24, 2.45) is 0 Å². The van der Waals surface area contributed by atoms with Gasteiger partial charge in [-0.3, -0.25) is 9.59 Å². The molecule has 1 heterocycles. The van der Waals surface area contributed by atoms with E-state index in [0.29, 0.717) is 25.1 Å². The van der Waals surface area contributed by atoms with Crippen LogP contribution >= 0.6 is 0 Å². The SMILES string of the molecule is C[C@H](NC(=O)[C@H](Cc1ccccc1)NC(=O)c1ccc(CNCc2ncc[nH]2)cc1)c1cccc2ccccc12. The topological polar surface area (TPSA) is 98.9 Å². The summed E-state index contributed by atoms with van der Waals surface area (Å²) < 4.78 is 0. The lowest BCUT2D eigenvalue weighted by molar-refractivity contribution is -0.123. The van der Waals surface area contributed by atoms with E-state index in [1.54, 1.807) is 24.5 Å². The third kappa shape index (κ3) is 6.81. The molecule has 0 unspecified atom stereocenters. The van der Waals surface area contributed by atoms with Crippen molar-refractivity contribution < 1.29 is 9.59 Å². The van der Waals surface area contributed by atoms with E-state index in [1.165, 1.54) is 0 Å². The lowest BCUT2D eigenvalue weighted by Gasteiger charge is -2.23. The van der Waals surface area contributed by atoms with Gasteiger partial charge in [-0.15, -0.1) is 0 Å². The maximum absolute atomic E-state index is 13.6. The maximum Gasteiger partial charge on any atom is 0.251 e. The number of fused-ring (bicyclic) bond motifs is 1. The molecule has 202 valence electrons. The average Bonchev–Trinajstić information content (AvgIpc) is 3.51. The van der Waals surface area contributed by atoms with E-state index in [0.717, 1.165) is 33.3 Å². The van der Waals surface area contributed by atoms with Crippen molar-refractivity contribution >= 4 is 22.6 Å². The average molecular weight is 532 g/mol. The minimum Gasteiger partial charge on any atom is -0.348 e. The standard InChI is InChI=1S/C33H33N5O2/c1-23(28-13-7-11-26-10-5-6-12-29(26)28)37-33(40)30(20-24-8-3-2-4-9-24)38-32(39)27-16-14-25(15-17-27)21-34-22-31-35-18-19-36-31/h2-19,23,30,34H,20-22H2,1H3,(H,35,36)(H,37,40)(H,38,39)/t23-,30-/m0/s1. The predicted octanol–water partition coefficient (Wildman–Crippen LogP) is 5.07. The van der Waals surface area contributed by atoms with Crippen molar-refractivity contribution in [2.45, 2.75) is 38.5 Å². The first-order valence-corrected chi connectivity index (χ1v) is 13.5. The number of benzene rings is 4. The van der Waals surface area contributed by atoms with Crippen LogP contribution in [0.15, 0.2) is 109 Å². The molecule has 7 heteroatoms. The zero-order valence-corrected chi connectivity index (χ0v) is 22.4. The van der Waals surface area contributed by atoms with Gasteiger partial charge in [0.1, 0.15) is 11.9 Å². The summed E-state index contributed by atoms with van der Waals surface area (Å²) in [6.45, 7) is 3.25. The van der Waals surface area contributed by atoms with E-state index in [1.807, 2.05) is 73.7 Å². The quantitative estimate of drug-likeness (QED) is 0.191. The number of rotatable bonds is 11. The van der Waals surface area contributed by atoms with Crippen molar-refractivity contribution in [3.05, 3.63) is 138 Å². The van der Waals surface area contributed by atoms with Crippen LogP contribution in [0.4, 0.5) is 0 Å². The van der Waals surface area contributed by atoms with E-state index in [-0.39, 0.29) is 17.9 Å². The molecule has 0 saturated carbocycles. The molecular formula is C33H33N5O2. The number of imidazole rings is 1. The van der Waals surface area contributed by atoms with Gasteiger partial charge in [-0.05, 0) is 46.5 Å². The summed E-state index contributed by atoms with van der Waals surface area (Å²) in [5.41, 5.74) is 3.56. The van der Waals surface area contributed by atoms with Crippen molar-refractivity contribution in [2.75, 3.05) is 0 Å². The summed E-state index contributed by atoms with van der Waals surface area (Å²) in [6.07, 6.45) is 3.90. The second-order valence-electron chi connectivity index (χ2n) is 9.85. The Hall–Kier alpha value is -4.75. The first-order valence-electron chi connectivity index (χ1n) is 13.5. The Labute approximate surface area is 234 Å². The van der Waals surface area contributed by atoms with Gasteiger partial charge in [0.2, 0.25) is 5.91 Å². The number of nitrogens with zero attached hydrogens (tertiary/aromatic N) is 1. The minimum absolute atomic E-state index is 0.226. The largest absolute Gasteiger partial charge is 0.348 e. The van der Waals surface area contributed by atoms with E-state index in [2.05, 4.69) is 44.1 Å². The molecular weight excluding hydrogens is 498 g/mol. The third-order valence-electron chi connectivity index (χ3n) is 6.95. The first kappa shape index (κ1) is 26.8. The van der Waals surface area contributed by atoms with Crippen LogP contribution in [0.3, 0.4) is 0 Å². The Bertz CT molecular complexity index is 1540. The van der Waals surface area contributed by atoms with Gasteiger partial charge in [-0.25, -0.2) is 4.98 Å². The monoisotopic (exact) mass is 531 g/mol. The normalized spacial score (nSPS) is 12.5. The first-order chi connectivity index (χ1) is 19.6. The molecule has 0 spiro atoms.